The van der Waals surface area contributed by atoms with Crippen molar-refractivity contribution in [2.24, 2.45) is 0 Å². The summed E-state index contributed by atoms with van der Waals surface area (Å²) in [6, 6.07) is 1.87. The highest BCUT2D eigenvalue weighted by atomic mass is 31.2. The Morgan fingerprint density at radius 1 is 1.52 bits per heavy atom. The third-order valence-electron chi connectivity index (χ3n) is 4.25. The number of nitriles is 1. The summed E-state index contributed by atoms with van der Waals surface area (Å²) >= 11 is 0. The van der Waals surface area contributed by atoms with Crippen molar-refractivity contribution >= 4 is 14.3 Å². The van der Waals surface area contributed by atoms with Gasteiger partial charge in [-0.2, -0.15) is 5.26 Å². The molecule has 0 radical (unpaired) electrons. The largest absolute Gasteiger partial charge is 0.507 e. The van der Waals surface area contributed by atoms with Crippen molar-refractivity contribution < 1.29 is 29.2 Å². The zero-order chi connectivity index (χ0) is 18.7. The average Bonchev–Trinajstić information content (AvgIpc) is 2.96. The first kappa shape index (κ1) is 19.2. The van der Waals surface area contributed by atoms with Gasteiger partial charge in [0.05, 0.1) is 13.2 Å². The zero-order valence-corrected chi connectivity index (χ0v) is 15.1. The predicted octanol–water partition coefficient (Wildman–Crippen LogP) is 2.45. The number of carbonyl (C=O) groups excluding carboxylic acids is 1. The fraction of sp³-hybridized carbons (Fsp3) is 0.412. The smallest absolute Gasteiger partial charge is 0.342 e. The third-order valence-corrected chi connectivity index (χ3v) is 5.10. The number of aromatic hydroxyl groups is 1. The van der Waals surface area contributed by atoms with Crippen LogP contribution in [-0.4, -0.2) is 33.6 Å². The first-order valence-electron chi connectivity index (χ1n) is 7.62. The summed E-state index contributed by atoms with van der Waals surface area (Å²) in [6.45, 7) is 3.68. The number of esters is 1. The minimum Gasteiger partial charge on any atom is -0.507 e. The summed E-state index contributed by atoms with van der Waals surface area (Å²) in [5, 5.41) is 19.4. The van der Waals surface area contributed by atoms with Crippen molar-refractivity contribution in [2.45, 2.75) is 39.0 Å². The van der Waals surface area contributed by atoms with Gasteiger partial charge < -0.3 is 24.4 Å². The Balaban J connectivity index is 2.36. The molecule has 0 aliphatic carbocycles. The predicted molar refractivity (Wildman–Crippen MR) is 91.4 cm³/mol. The third kappa shape index (κ3) is 3.77. The summed E-state index contributed by atoms with van der Waals surface area (Å²) in [5.41, 5.74) is 1.90. The van der Waals surface area contributed by atoms with E-state index in [1.165, 1.54) is 7.11 Å². The molecule has 0 spiro atoms. The molecule has 1 atom stereocenters. The van der Waals surface area contributed by atoms with E-state index in [0.29, 0.717) is 16.9 Å². The highest BCUT2D eigenvalue weighted by Crippen LogP contribution is 2.42. The normalized spacial score (nSPS) is 14.9. The molecule has 7 nitrogen and oxygen atoms in total. The molecule has 0 saturated heterocycles. The molecule has 8 heteroatoms. The van der Waals surface area contributed by atoms with Crippen molar-refractivity contribution in [1.29, 1.82) is 5.26 Å². The Hall–Kier alpha value is -2.13. The number of methoxy groups -OCH3 is 1. The number of carbonyl (C=O) groups is 1. The Morgan fingerprint density at radius 2 is 2.20 bits per heavy atom. The lowest BCUT2D eigenvalue weighted by atomic mass is 9.94. The van der Waals surface area contributed by atoms with E-state index in [1.54, 1.807) is 19.9 Å². The lowest BCUT2D eigenvalue weighted by Crippen LogP contribution is -2.04. The van der Waals surface area contributed by atoms with Gasteiger partial charge in [-0.15, -0.1) is 0 Å². The molecule has 0 amide bonds. The summed E-state index contributed by atoms with van der Waals surface area (Å²) in [5.74, 6) is -0.231. The van der Waals surface area contributed by atoms with E-state index in [-0.39, 0.29) is 30.8 Å². The van der Waals surface area contributed by atoms with Crippen LogP contribution in [0, 0.1) is 18.3 Å². The van der Waals surface area contributed by atoms with Gasteiger partial charge in [0.2, 0.25) is 0 Å². The highest BCUT2D eigenvalue weighted by molar-refractivity contribution is 7.46. The quantitative estimate of drug-likeness (QED) is 0.402. The number of hydrogen-bond donors (Lipinski definition) is 3. The maximum Gasteiger partial charge on any atom is 0.342 e. The van der Waals surface area contributed by atoms with Crippen LogP contribution in [0.4, 0.5) is 0 Å². The molecular formula is C17H20NO6P. The molecule has 1 aromatic carbocycles. The summed E-state index contributed by atoms with van der Waals surface area (Å²) in [4.78, 5) is 30.3. The second-order valence-electron chi connectivity index (χ2n) is 5.84. The van der Waals surface area contributed by atoms with E-state index >= 15 is 0 Å². The number of rotatable bonds is 6. The number of phenolic OH excluding ortho intramolecular Hbond substituents is 1. The lowest BCUT2D eigenvalue weighted by Gasteiger charge is -2.16. The lowest BCUT2D eigenvalue weighted by molar-refractivity contribution is 0.0533. The fourth-order valence-electron chi connectivity index (χ4n) is 2.87. The van der Waals surface area contributed by atoms with Gasteiger partial charge in [0.25, 0.3) is 0 Å². The molecule has 0 aromatic heterocycles. The van der Waals surface area contributed by atoms with E-state index in [0.717, 1.165) is 11.1 Å². The minimum absolute atomic E-state index is 0.111. The molecule has 134 valence electrons. The molecule has 3 N–H and O–H groups in total. The Morgan fingerprint density at radius 3 is 2.76 bits per heavy atom. The number of benzene rings is 1. The molecule has 2 rings (SSSR count). The molecule has 1 aromatic rings. The molecule has 0 bridgehead atoms. The van der Waals surface area contributed by atoms with Gasteiger partial charge in [0.1, 0.15) is 29.3 Å². The number of ether oxygens (including phenoxy) is 2. The van der Waals surface area contributed by atoms with Crippen molar-refractivity contribution in [3.63, 3.8) is 0 Å². The molecule has 0 saturated carbocycles. The van der Waals surface area contributed by atoms with Gasteiger partial charge in [-0.1, -0.05) is 11.6 Å². The monoisotopic (exact) mass is 365 g/mol. The molecule has 1 heterocycles. The van der Waals surface area contributed by atoms with Gasteiger partial charge in [-0.25, -0.2) is 4.79 Å². The summed E-state index contributed by atoms with van der Waals surface area (Å²) < 4.78 is 10.4. The molecule has 0 fully saturated rings. The highest BCUT2D eigenvalue weighted by Gasteiger charge is 2.31. The van der Waals surface area contributed by atoms with Crippen molar-refractivity contribution in [3.05, 3.63) is 33.9 Å². The van der Waals surface area contributed by atoms with Crippen molar-refractivity contribution in [2.75, 3.05) is 7.11 Å². The summed E-state index contributed by atoms with van der Waals surface area (Å²) in [7, 11) is -0.841. The second-order valence-corrected chi connectivity index (χ2v) is 7.10. The molecule has 1 aliphatic heterocycles. The van der Waals surface area contributed by atoms with E-state index in [1.807, 2.05) is 6.07 Å². The Kier molecular flexibility index (Phi) is 6.02. The van der Waals surface area contributed by atoms with Gasteiger partial charge in [-0.3, -0.25) is 0 Å². The van der Waals surface area contributed by atoms with Gasteiger partial charge in [0, 0.05) is 11.1 Å². The van der Waals surface area contributed by atoms with Crippen LogP contribution in [-0.2, 0) is 17.8 Å². The zero-order valence-electron chi connectivity index (χ0n) is 14.2. The second kappa shape index (κ2) is 7.83. The maximum absolute atomic E-state index is 11.9. The van der Waals surface area contributed by atoms with E-state index in [2.05, 4.69) is 0 Å². The van der Waals surface area contributed by atoms with Crippen molar-refractivity contribution in [1.82, 2.24) is 0 Å². The Bertz CT molecular complexity index is 766. The number of phenols is 1. The van der Waals surface area contributed by atoms with Gasteiger partial charge in [-0.05, 0) is 32.3 Å². The Labute approximate surface area is 147 Å². The van der Waals surface area contributed by atoms with Crippen LogP contribution in [0.2, 0.25) is 0 Å². The molecule has 25 heavy (non-hydrogen) atoms. The van der Waals surface area contributed by atoms with Crippen LogP contribution in [0.1, 0.15) is 40.4 Å². The number of hydrogen-bond acceptors (Lipinski definition) is 7. The topological polar surface area (TPSA) is 120 Å². The SMILES string of the molecule is COc1c(C)c2c(c(O)c1C/C=C(\C)CC(C#N)P(O)O)C(=O)OC2. The van der Waals surface area contributed by atoms with Crippen LogP contribution in [0.5, 0.6) is 11.5 Å². The van der Waals surface area contributed by atoms with Crippen molar-refractivity contribution in [3.8, 4) is 17.6 Å². The fourth-order valence-corrected chi connectivity index (χ4v) is 3.43. The number of fused-ring (bicyclic) bond motifs is 1. The minimum atomic E-state index is -2.33. The number of allylic oxidation sites excluding steroid dienone is 2. The summed E-state index contributed by atoms with van der Waals surface area (Å²) in [6.07, 6.45) is 2.26. The first-order valence-corrected chi connectivity index (χ1v) is 8.94. The van der Waals surface area contributed by atoms with E-state index < -0.39 is 20.0 Å². The molecule has 1 aliphatic rings. The number of nitrogens with zero attached hydrogens (tertiary/aromatic N) is 1. The van der Waals surface area contributed by atoms with Crippen LogP contribution < -0.4 is 4.74 Å². The molecular weight excluding hydrogens is 345 g/mol. The van der Waals surface area contributed by atoms with E-state index in [9.17, 15) is 19.7 Å². The maximum atomic E-state index is 11.9. The van der Waals surface area contributed by atoms with Gasteiger partial charge in [0.15, 0.2) is 8.38 Å². The van der Waals surface area contributed by atoms with Crippen LogP contribution in [0.15, 0.2) is 11.6 Å². The van der Waals surface area contributed by atoms with E-state index in [4.69, 9.17) is 14.7 Å². The van der Waals surface area contributed by atoms with Crippen LogP contribution >= 0.6 is 8.38 Å². The standard InChI is InChI=1S/C17H20NO6P/c1-9(6-11(7-18)25(21)22)4-5-12-15(19)14-13(8-24-17(14)20)10(2)16(12)23-3/h4,11,19,21-22H,5-6,8H2,1-3H3/b9-4+. The molecule has 1 unspecified atom stereocenters. The average molecular weight is 365 g/mol. The van der Waals surface area contributed by atoms with Gasteiger partial charge >= 0.3 is 5.97 Å². The number of cyclic esters (lactones) is 1. The first-order chi connectivity index (χ1) is 11.8. The van der Waals surface area contributed by atoms with Crippen LogP contribution in [0.3, 0.4) is 0 Å². The van der Waals surface area contributed by atoms with Crippen LogP contribution in [0.25, 0.3) is 0 Å².